The first kappa shape index (κ1) is 16.4. The molecule has 1 aromatic carbocycles. The van der Waals surface area contributed by atoms with Crippen LogP contribution in [0.25, 0.3) is 33.2 Å². The summed E-state index contributed by atoms with van der Waals surface area (Å²) in [5.74, 6) is 0.431. The van der Waals surface area contributed by atoms with Crippen LogP contribution in [0.2, 0.25) is 0 Å². The first-order valence-electron chi connectivity index (χ1n) is 8.92. The van der Waals surface area contributed by atoms with E-state index in [1.807, 2.05) is 43.7 Å². The van der Waals surface area contributed by atoms with Gasteiger partial charge in [0.2, 0.25) is 0 Å². The lowest BCUT2D eigenvalue weighted by Crippen LogP contribution is -2.02. The second kappa shape index (κ2) is 6.45. The maximum Gasteiger partial charge on any atom is 0.140 e. The van der Waals surface area contributed by atoms with Gasteiger partial charge in [0.15, 0.2) is 0 Å². The Balaban J connectivity index is 1.63. The second-order valence-corrected chi connectivity index (χ2v) is 6.64. The highest BCUT2D eigenvalue weighted by Gasteiger charge is 2.16. The third kappa shape index (κ3) is 2.77. The molecule has 0 amide bonds. The van der Waals surface area contributed by atoms with Crippen LogP contribution in [0.1, 0.15) is 5.56 Å². The van der Waals surface area contributed by atoms with Crippen LogP contribution in [-0.2, 0) is 13.6 Å². The number of rotatable bonds is 4. The number of nitrogens with one attached hydrogen (secondary N) is 2. The molecule has 0 fully saturated rings. The molecule has 0 unspecified atom stereocenters. The second-order valence-electron chi connectivity index (χ2n) is 6.64. The molecule has 0 saturated carbocycles. The van der Waals surface area contributed by atoms with E-state index < -0.39 is 0 Å². The zero-order valence-electron chi connectivity index (χ0n) is 15.1. The maximum absolute atomic E-state index is 13.9. The fourth-order valence-electron chi connectivity index (χ4n) is 3.46. The molecular weight excluding hydrogens is 355 g/mol. The number of hydrogen-bond donors (Lipinski definition) is 2. The molecule has 28 heavy (non-hydrogen) atoms. The smallest absolute Gasteiger partial charge is 0.140 e. The molecule has 0 saturated heterocycles. The maximum atomic E-state index is 13.9. The van der Waals surface area contributed by atoms with Crippen molar-refractivity contribution in [1.82, 2.24) is 24.7 Å². The largest absolute Gasteiger partial charge is 0.366 e. The molecule has 2 N–H and O–H groups in total. The Labute approximate surface area is 160 Å². The predicted molar refractivity (Wildman–Crippen MR) is 107 cm³/mol. The van der Waals surface area contributed by atoms with Gasteiger partial charge in [0.25, 0.3) is 0 Å². The minimum atomic E-state index is -0.281. The van der Waals surface area contributed by atoms with Crippen molar-refractivity contribution in [3.63, 3.8) is 0 Å². The normalized spacial score (nSPS) is 11.4. The lowest BCUT2D eigenvalue weighted by Gasteiger charge is -2.08. The third-order valence-electron chi connectivity index (χ3n) is 4.79. The van der Waals surface area contributed by atoms with Crippen molar-refractivity contribution in [2.45, 2.75) is 6.54 Å². The number of halogens is 1. The van der Waals surface area contributed by atoms with E-state index in [4.69, 9.17) is 0 Å². The van der Waals surface area contributed by atoms with Crippen molar-refractivity contribution in [3.8, 4) is 11.3 Å². The quantitative estimate of drug-likeness (QED) is 0.494. The molecule has 0 bridgehead atoms. The number of hydrogen-bond acceptors (Lipinski definition) is 4. The van der Waals surface area contributed by atoms with E-state index in [9.17, 15) is 4.39 Å². The van der Waals surface area contributed by atoms with Crippen LogP contribution in [0.4, 0.5) is 10.2 Å². The molecule has 138 valence electrons. The van der Waals surface area contributed by atoms with Crippen molar-refractivity contribution in [1.29, 1.82) is 0 Å². The minimum absolute atomic E-state index is 0.281. The van der Waals surface area contributed by atoms with Crippen molar-refractivity contribution in [2.24, 2.45) is 7.05 Å². The molecule has 0 radical (unpaired) electrons. The van der Waals surface area contributed by atoms with E-state index in [0.717, 1.165) is 38.8 Å². The van der Waals surface area contributed by atoms with Crippen LogP contribution in [0.5, 0.6) is 0 Å². The highest BCUT2D eigenvalue weighted by molar-refractivity contribution is 6.02. The highest BCUT2D eigenvalue weighted by Crippen LogP contribution is 2.34. The average molecular weight is 372 g/mol. The minimum Gasteiger partial charge on any atom is -0.366 e. The number of benzene rings is 1. The summed E-state index contributed by atoms with van der Waals surface area (Å²) in [7, 11) is 1.86. The van der Waals surface area contributed by atoms with Gasteiger partial charge in [-0.05, 0) is 42.0 Å². The van der Waals surface area contributed by atoms with E-state index >= 15 is 0 Å². The summed E-state index contributed by atoms with van der Waals surface area (Å²) in [6.45, 7) is 0.601. The Kier molecular flexibility index (Phi) is 3.79. The Bertz CT molecular complexity index is 1290. The number of nitrogens with zero attached hydrogens (tertiary/aromatic N) is 4. The number of aromatic amines is 1. The Morgan fingerprint density at radius 2 is 2.07 bits per heavy atom. The Morgan fingerprint density at radius 3 is 2.93 bits per heavy atom. The van der Waals surface area contributed by atoms with Gasteiger partial charge in [-0.3, -0.25) is 9.67 Å². The molecule has 4 heterocycles. The summed E-state index contributed by atoms with van der Waals surface area (Å²) in [4.78, 5) is 11.9. The monoisotopic (exact) mass is 372 g/mol. The summed E-state index contributed by atoms with van der Waals surface area (Å²) < 4.78 is 15.7. The molecule has 5 aromatic rings. The number of pyridine rings is 2. The number of aryl methyl sites for hydroxylation is 1. The molecule has 0 aliphatic rings. The van der Waals surface area contributed by atoms with Gasteiger partial charge in [0.05, 0.1) is 5.52 Å². The molecule has 5 rings (SSSR count). The van der Waals surface area contributed by atoms with Gasteiger partial charge < -0.3 is 10.3 Å². The lowest BCUT2D eigenvalue weighted by atomic mass is 10.1. The van der Waals surface area contributed by atoms with E-state index in [-0.39, 0.29) is 5.82 Å². The van der Waals surface area contributed by atoms with Gasteiger partial charge in [0, 0.05) is 48.5 Å². The highest BCUT2D eigenvalue weighted by atomic mass is 19.1. The first-order valence-corrected chi connectivity index (χ1v) is 8.92. The summed E-state index contributed by atoms with van der Waals surface area (Å²) in [5.41, 5.74) is 4.32. The molecule has 0 aliphatic heterocycles. The topological polar surface area (TPSA) is 71.4 Å². The third-order valence-corrected chi connectivity index (χ3v) is 4.79. The van der Waals surface area contributed by atoms with Crippen LogP contribution in [0.15, 0.2) is 61.1 Å². The molecule has 0 spiro atoms. The summed E-state index contributed by atoms with van der Waals surface area (Å²) in [6.07, 6.45) is 5.41. The van der Waals surface area contributed by atoms with E-state index in [1.54, 1.807) is 16.9 Å². The number of fused-ring (bicyclic) bond motifs is 2. The van der Waals surface area contributed by atoms with Crippen LogP contribution < -0.4 is 5.32 Å². The number of H-pyrrole nitrogens is 1. The predicted octanol–water partition coefficient (Wildman–Crippen LogP) is 4.26. The Morgan fingerprint density at radius 1 is 1.14 bits per heavy atom. The van der Waals surface area contributed by atoms with Crippen LogP contribution in [0.3, 0.4) is 0 Å². The average Bonchev–Trinajstić information content (AvgIpc) is 3.31. The van der Waals surface area contributed by atoms with Gasteiger partial charge in [-0.25, -0.2) is 9.37 Å². The van der Waals surface area contributed by atoms with Gasteiger partial charge in [-0.15, -0.1) is 0 Å². The number of aromatic nitrogens is 5. The van der Waals surface area contributed by atoms with Gasteiger partial charge in [-0.1, -0.05) is 6.07 Å². The van der Waals surface area contributed by atoms with Crippen molar-refractivity contribution >= 4 is 27.8 Å². The van der Waals surface area contributed by atoms with Crippen LogP contribution in [-0.4, -0.2) is 24.7 Å². The van der Waals surface area contributed by atoms with E-state index in [0.29, 0.717) is 12.4 Å². The lowest BCUT2D eigenvalue weighted by molar-refractivity contribution is 0.629. The van der Waals surface area contributed by atoms with Crippen LogP contribution in [0, 0.1) is 5.82 Å². The zero-order valence-corrected chi connectivity index (χ0v) is 15.1. The molecule has 6 nitrogen and oxygen atoms in total. The summed E-state index contributed by atoms with van der Waals surface area (Å²) >= 11 is 0. The Hall–Kier alpha value is -3.74. The summed E-state index contributed by atoms with van der Waals surface area (Å²) in [6, 6.07) is 12.5. The zero-order chi connectivity index (χ0) is 19.1. The molecule has 7 heteroatoms. The van der Waals surface area contributed by atoms with Crippen LogP contribution >= 0.6 is 0 Å². The molecule has 4 aromatic heterocycles. The SMILES string of the molecule is Cn1nc(-c2cc(NCc3cccnc3)nc3[nH]ccc23)c2cc(F)ccc21. The van der Waals surface area contributed by atoms with E-state index in [1.165, 1.54) is 12.1 Å². The van der Waals surface area contributed by atoms with Crippen molar-refractivity contribution < 1.29 is 4.39 Å². The summed E-state index contributed by atoms with van der Waals surface area (Å²) in [5, 5.41) is 9.71. The first-order chi connectivity index (χ1) is 13.7. The molecular formula is C21H17FN6. The van der Waals surface area contributed by atoms with E-state index in [2.05, 4.69) is 25.4 Å². The number of anilines is 1. The molecule has 0 aliphatic carbocycles. The molecule has 0 atom stereocenters. The van der Waals surface area contributed by atoms with Crippen molar-refractivity contribution in [3.05, 3.63) is 72.4 Å². The van der Waals surface area contributed by atoms with Gasteiger partial charge >= 0.3 is 0 Å². The fraction of sp³-hybridized carbons (Fsp3) is 0.0952. The fourth-order valence-corrected chi connectivity index (χ4v) is 3.46. The van der Waals surface area contributed by atoms with Crippen molar-refractivity contribution in [2.75, 3.05) is 5.32 Å². The van der Waals surface area contributed by atoms with Gasteiger partial charge in [0.1, 0.15) is 23.0 Å². The standard InChI is InChI=1S/C21H17FN6/c1-28-18-5-4-14(22)9-17(18)20(27-28)16-10-19(26-21-15(16)6-8-24-21)25-12-13-3-2-7-23-11-13/h2-11H,12H2,1H3,(H2,24,25,26). The van der Waals surface area contributed by atoms with Gasteiger partial charge in [-0.2, -0.15) is 5.10 Å².